The fourth-order valence-electron chi connectivity index (χ4n) is 1.64. The number of nitrogens with one attached hydrogen (secondary N) is 1. The van der Waals surface area contributed by atoms with Gasteiger partial charge in [0.15, 0.2) is 5.13 Å². The third-order valence-corrected chi connectivity index (χ3v) is 5.06. The lowest BCUT2D eigenvalue weighted by Gasteiger charge is -2.08. The fourth-order valence-corrected chi connectivity index (χ4v) is 3.83. The molecule has 10 heteroatoms. The van der Waals surface area contributed by atoms with Crippen molar-refractivity contribution in [3.8, 4) is 0 Å². The summed E-state index contributed by atoms with van der Waals surface area (Å²) in [6.45, 7) is 3.05. The number of hydrogen-bond acceptors (Lipinski definition) is 6. The Hall–Kier alpha value is -2.07. The zero-order valence-electron chi connectivity index (χ0n) is 11.0. The van der Waals surface area contributed by atoms with E-state index in [2.05, 4.69) is 9.71 Å². The molecule has 0 unspecified atom stereocenters. The van der Waals surface area contributed by atoms with Gasteiger partial charge in [0.1, 0.15) is 0 Å². The molecule has 0 saturated heterocycles. The summed E-state index contributed by atoms with van der Waals surface area (Å²) in [5, 5.41) is 12.5. The van der Waals surface area contributed by atoms with Crippen LogP contribution >= 0.6 is 11.3 Å². The molecule has 0 saturated carbocycles. The SMILES string of the molecule is Cc1csc(NS(=O)(=O)c2cc([N+](=O)[O-])c(F)cc2C)n1. The summed E-state index contributed by atoms with van der Waals surface area (Å²) < 4.78 is 40.1. The number of rotatable bonds is 4. The summed E-state index contributed by atoms with van der Waals surface area (Å²) in [6.07, 6.45) is 0. The Bertz CT molecular complexity index is 817. The highest BCUT2D eigenvalue weighted by Gasteiger charge is 2.25. The summed E-state index contributed by atoms with van der Waals surface area (Å²) >= 11 is 1.08. The molecule has 0 aliphatic rings. The molecule has 1 aromatic carbocycles. The van der Waals surface area contributed by atoms with Crippen molar-refractivity contribution in [2.75, 3.05) is 4.72 Å². The number of aromatic nitrogens is 1. The van der Waals surface area contributed by atoms with Crippen molar-refractivity contribution in [2.45, 2.75) is 18.7 Å². The van der Waals surface area contributed by atoms with Crippen LogP contribution in [0.25, 0.3) is 0 Å². The van der Waals surface area contributed by atoms with Crippen molar-refractivity contribution in [1.82, 2.24) is 4.98 Å². The number of thiazole rings is 1. The highest BCUT2D eigenvalue weighted by Crippen LogP contribution is 2.27. The van der Waals surface area contributed by atoms with Crippen molar-refractivity contribution in [3.05, 3.63) is 44.7 Å². The molecule has 0 fully saturated rings. The Morgan fingerprint density at radius 2 is 2.05 bits per heavy atom. The predicted octanol–water partition coefficient (Wildman–Crippen LogP) is 2.61. The molecule has 0 radical (unpaired) electrons. The van der Waals surface area contributed by atoms with Crippen molar-refractivity contribution in [3.63, 3.8) is 0 Å². The van der Waals surface area contributed by atoms with E-state index in [1.807, 2.05) is 0 Å². The zero-order valence-corrected chi connectivity index (χ0v) is 12.6. The number of anilines is 1. The molecule has 0 spiro atoms. The van der Waals surface area contributed by atoms with Crippen molar-refractivity contribution in [2.24, 2.45) is 0 Å². The highest BCUT2D eigenvalue weighted by molar-refractivity contribution is 7.93. The first-order valence-corrected chi connectivity index (χ1v) is 7.96. The Labute approximate surface area is 123 Å². The number of nitro benzene ring substituents is 1. The van der Waals surface area contributed by atoms with Gasteiger partial charge in [-0.2, -0.15) is 4.39 Å². The van der Waals surface area contributed by atoms with Crippen LogP contribution in [-0.4, -0.2) is 18.3 Å². The number of benzene rings is 1. The molecule has 2 rings (SSSR count). The third kappa shape index (κ3) is 3.16. The van der Waals surface area contributed by atoms with Gasteiger partial charge >= 0.3 is 5.69 Å². The van der Waals surface area contributed by atoms with E-state index < -0.39 is 26.5 Å². The Morgan fingerprint density at radius 3 is 2.57 bits per heavy atom. The lowest BCUT2D eigenvalue weighted by Crippen LogP contribution is -2.15. The molecular weight excluding hydrogens is 321 g/mol. The maximum atomic E-state index is 13.4. The van der Waals surface area contributed by atoms with E-state index in [-0.39, 0.29) is 15.6 Å². The lowest BCUT2D eigenvalue weighted by molar-refractivity contribution is -0.387. The van der Waals surface area contributed by atoms with Gasteiger partial charge in [-0.15, -0.1) is 11.3 Å². The van der Waals surface area contributed by atoms with Gasteiger partial charge in [-0.25, -0.2) is 13.4 Å². The summed E-state index contributed by atoms with van der Waals surface area (Å²) in [5.74, 6) is -1.08. The molecule has 7 nitrogen and oxygen atoms in total. The lowest BCUT2D eigenvalue weighted by atomic mass is 10.2. The normalized spacial score (nSPS) is 11.4. The minimum Gasteiger partial charge on any atom is -0.258 e. The number of halogens is 1. The van der Waals surface area contributed by atoms with Gasteiger partial charge in [0, 0.05) is 11.4 Å². The number of sulfonamides is 1. The number of hydrogen-bond donors (Lipinski definition) is 1. The minimum atomic E-state index is -4.08. The van der Waals surface area contributed by atoms with Crippen LogP contribution in [0.5, 0.6) is 0 Å². The van der Waals surface area contributed by atoms with Crippen LogP contribution < -0.4 is 4.72 Å². The number of nitro groups is 1. The van der Waals surface area contributed by atoms with E-state index in [4.69, 9.17) is 0 Å². The quantitative estimate of drug-likeness (QED) is 0.685. The van der Waals surface area contributed by atoms with Gasteiger partial charge < -0.3 is 0 Å². The molecule has 112 valence electrons. The fraction of sp³-hybridized carbons (Fsp3) is 0.182. The van der Waals surface area contributed by atoms with Gasteiger partial charge in [0.25, 0.3) is 10.0 Å². The van der Waals surface area contributed by atoms with Crippen LogP contribution in [0.1, 0.15) is 11.3 Å². The molecule has 1 N–H and O–H groups in total. The second kappa shape index (κ2) is 5.37. The first-order valence-electron chi connectivity index (χ1n) is 5.60. The Kier molecular flexibility index (Phi) is 3.92. The van der Waals surface area contributed by atoms with E-state index in [0.717, 1.165) is 17.4 Å². The topological polar surface area (TPSA) is 102 Å². The van der Waals surface area contributed by atoms with Gasteiger partial charge in [-0.1, -0.05) is 0 Å². The van der Waals surface area contributed by atoms with E-state index in [1.165, 1.54) is 6.92 Å². The molecule has 2 aromatic rings. The standard InChI is InChI=1S/C11H10FN3O4S2/c1-6-3-8(12)9(15(16)17)4-10(6)21(18,19)14-11-13-7(2)5-20-11/h3-5H,1-2H3,(H,13,14). The molecule has 0 atom stereocenters. The van der Waals surface area contributed by atoms with Crippen molar-refractivity contribution in [1.29, 1.82) is 0 Å². The second-order valence-corrected chi connectivity index (χ2v) is 6.73. The maximum Gasteiger partial charge on any atom is 0.306 e. The van der Waals surface area contributed by atoms with Crippen LogP contribution in [0.3, 0.4) is 0 Å². The Balaban J connectivity index is 2.49. The third-order valence-electron chi connectivity index (χ3n) is 2.57. The molecular formula is C11H10FN3O4S2. The number of nitrogens with zero attached hydrogens (tertiary/aromatic N) is 2. The molecule has 1 aromatic heterocycles. The molecule has 21 heavy (non-hydrogen) atoms. The monoisotopic (exact) mass is 331 g/mol. The first-order chi connectivity index (χ1) is 9.70. The molecule has 0 amide bonds. The van der Waals surface area contributed by atoms with E-state index in [0.29, 0.717) is 11.8 Å². The maximum absolute atomic E-state index is 13.4. The Morgan fingerprint density at radius 1 is 1.38 bits per heavy atom. The van der Waals surface area contributed by atoms with Crippen molar-refractivity contribution < 1.29 is 17.7 Å². The van der Waals surface area contributed by atoms with Gasteiger partial charge in [0.05, 0.1) is 15.5 Å². The predicted molar refractivity (Wildman–Crippen MR) is 75.5 cm³/mol. The summed E-state index contributed by atoms with van der Waals surface area (Å²) in [7, 11) is -4.08. The highest BCUT2D eigenvalue weighted by atomic mass is 32.2. The minimum absolute atomic E-state index is 0.0684. The van der Waals surface area contributed by atoms with Crippen LogP contribution in [-0.2, 0) is 10.0 Å². The van der Waals surface area contributed by atoms with Gasteiger partial charge in [0.2, 0.25) is 5.82 Å². The van der Waals surface area contributed by atoms with Crippen LogP contribution in [0.4, 0.5) is 15.2 Å². The molecule has 0 bridgehead atoms. The number of aryl methyl sites for hydroxylation is 2. The van der Waals surface area contributed by atoms with Crippen LogP contribution in [0.2, 0.25) is 0 Å². The molecule has 0 aliphatic heterocycles. The van der Waals surface area contributed by atoms with Gasteiger partial charge in [-0.05, 0) is 25.5 Å². The van der Waals surface area contributed by atoms with E-state index >= 15 is 0 Å². The average molecular weight is 331 g/mol. The molecule has 0 aliphatic carbocycles. The average Bonchev–Trinajstić information content (AvgIpc) is 2.72. The van der Waals surface area contributed by atoms with Crippen molar-refractivity contribution >= 4 is 32.2 Å². The summed E-state index contributed by atoms with van der Waals surface area (Å²) in [5.41, 5.74) is -0.185. The van der Waals surface area contributed by atoms with E-state index in [9.17, 15) is 22.9 Å². The largest absolute Gasteiger partial charge is 0.306 e. The second-order valence-electron chi connectivity index (χ2n) is 4.23. The van der Waals surface area contributed by atoms with Crippen LogP contribution in [0.15, 0.2) is 22.4 Å². The zero-order chi connectivity index (χ0) is 15.8. The van der Waals surface area contributed by atoms with Crippen LogP contribution in [0, 0.1) is 29.8 Å². The first kappa shape index (κ1) is 15.3. The summed E-state index contributed by atoms with van der Waals surface area (Å²) in [6, 6.07) is 1.52. The summed E-state index contributed by atoms with van der Waals surface area (Å²) in [4.78, 5) is 13.3. The smallest absolute Gasteiger partial charge is 0.258 e. The van der Waals surface area contributed by atoms with E-state index in [1.54, 1.807) is 12.3 Å². The molecule has 1 heterocycles. The van der Waals surface area contributed by atoms with Gasteiger partial charge in [-0.3, -0.25) is 14.8 Å².